The Hall–Kier alpha value is -0.420. The maximum atomic E-state index is 12.0. The van der Waals surface area contributed by atoms with Crippen LogP contribution in [-0.2, 0) is 15.6 Å². The fourth-order valence-corrected chi connectivity index (χ4v) is 2.00. The summed E-state index contributed by atoms with van der Waals surface area (Å²) in [6, 6.07) is 0. The quantitative estimate of drug-likeness (QED) is 0.759. The Morgan fingerprint density at radius 2 is 2.27 bits per heavy atom. The van der Waals surface area contributed by atoms with Crippen LogP contribution in [0.25, 0.3) is 0 Å². The molecule has 0 aromatic heterocycles. The molecule has 1 rings (SSSR count). The summed E-state index contributed by atoms with van der Waals surface area (Å²) in [7, 11) is -0.870. The number of hydrogen-bond donors (Lipinski definition) is 1. The summed E-state index contributed by atoms with van der Waals surface area (Å²) in [5.41, 5.74) is -0.422. The standard InChI is InChI=1S/C10H20N2O2S/c1-5-10(3)9(13)12(7-11-10)6-8(2)15(4)14/h8,11H,5-7H2,1-4H3. The molecule has 1 aliphatic heterocycles. The van der Waals surface area contributed by atoms with Crippen LogP contribution in [0.2, 0.25) is 0 Å². The molecule has 1 heterocycles. The highest BCUT2D eigenvalue weighted by Crippen LogP contribution is 2.19. The lowest BCUT2D eigenvalue weighted by molar-refractivity contribution is -0.132. The van der Waals surface area contributed by atoms with Crippen LogP contribution in [-0.4, -0.2) is 45.3 Å². The molecule has 0 saturated carbocycles. The van der Waals surface area contributed by atoms with E-state index in [4.69, 9.17) is 0 Å². The van der Waals surface area contributed by atoms with E-state index in [1.54, 1.807) is 11.2 Å². The Morgan fingerprint density at radius 1 is 1.67 bits per heavy atom. The van der Waals surface area contributed by atoms with Crippen molar-refractivity contribution in [1.82, 2.24) is 10.2 Å². The predicted octanol–water partition coefficient (Wildman–Crippen LogP) is 0.311. The first kappa shape index (κ1) is 12.6. The number of hydrogen-bond acceptors (Lipinski definition) is 3. The van der Waals surface area contributed by atoms with Crippen molar-refractivity contribution in [2.75, 3.05) is 19.5 Å². The third kappa shape index (κ3) is 2.58. The smallest absolute Gasteiger partial charge is 0.243 e. The molecule has 1 fully saturated rings. The third-order valence-electron chi connectivity index (χ3n) is 3.17. The van der Waals surface area contributed by atoms with Gasteiger partial charge in [-0.25, -0.2) is 0 Å². The van der Waals surface area contributed by atoms with Crippen LogP contribution < -0.4 is 5.32 Å². The van der Waals surface area contributed by atoms with E-state index in [9.17, 15) is 9.00 Å². The summed E-state index contributed by atoms with van der Waals surface area (Å²) in [6.07, 6.45) is 2.46. The van der Waals surface area contributed by atoms with E-state index in [0.717, 1.165) is 6.42 Å². The summed E-state index contributed by atoms with van der Waals surface area (Å²) >= 11 is 0. The van der Waals surface area contributed by atoms with Gasteiger partial charge < -0.3 is 4.90 Å². The topological polar surface area (TPSA) is 49.4 Å². The fourth-order valence-electron chi connectivity index (χ4n) is 1.61. The van der Waals surface area contributed by atoms with Crippen molar-refractivity contribution < 1.29 is 9.00 Å². The lowest BCUT2D eigenvalue weighted by Crippen LogP contribution is -2.43. The molecule has 0 aromatic carbocycles. The first-order valence-electron chi connectivity index (χ1n) is 5.27. The van der Waals surface area contributed by atoms with Crippen LogP contribution in [0.3, 0.4) is 0 Å². The van der Waals surface area contributed by atoms with Crippen LogP contribution in [0.15, 0.2) is 0 Å². The molecule has 1 amide bonds. The molecular formula is C10H20N2O2S. The number of rotatable bonds is 4. The van der Waals surface area contributed by atoms with Crippen molar-refractivity contribution in [2.45, 2.75) is 38.0 Å². The van der Waals surface area contributed by atoms with Crippen molar-refractivity contribution in [3.8, 4) is 0 Å². The zero-order valence-corrected chi connectivity index (χ0v) is 10.7. The number of carbonyl (C=O) groups is 1. The largest absolute Gasteiger partial charge is 0.327 e. The van der Waals surface area contributed by atoms with Crippen molar-refractivity contribution in [2.24, 2.45) is 0 Å². The van der Waals surface area contributed by atoms with Crippen LogP contribution >= 0.6 is 0 Å². The van der Waals surface area contributed by atoms with Gasteiger partial charge in [0.25, 0.3) is 0 Å². The van der Waals surface area contributed by atoms with Crippen LogP contribution in [0.5, 0.6) is 0 Å². The van der Waals surface area contributed by atoms with Crippen molar-refractivity contribution in [3.63, 3.8) is 0 Å². The monoisotopic (exact) mass is 232 g/mol. The molecule has 4 nitrogen and oxygen atoms in total. The number of nitrogens with one attached hydrogen (secondary N) is 1. The predicted molar refractivity (Wildman–Crippen MR) is 61.9 cm³/mol. The van der Waals surface area contributed by atoms with Crippen molar-refractivity contribution >= 4 is 16.7 Å². The number of amides is 1. The lowest BCUT2D eigenvalue weighted by atomic mass is 9.99. The molecule has 0 bridgehead atoms. The molecule has 1 N–H and O–H groups in total. The van der Waals surface area contributed by atoms with Gasteiger partial charge in [-0.3, -0.25) is 14.3 Å². The van der Waals surface area contributed by atoms with E-state index < -0.39 is 16.3 Å². The molecule has 1 saturated heterocycles. The summed E-state index contributed by atoms with van der Waals surface area (Å²) in [5, 5.41) is 3.24. The average Bonchev–Trinajstić information content (AvgIpc) is 2.47. The van der Waals surface area contributed by atoms with Gasteiger partial charge in [-0.05, 0) is 20.3 Å². The minimum absolute atomic E-state index is 0.0370. The van der Waals surface area contributed by atoms with E-state index >= 15 is 0 Å². The molecule has 0 aliphatic carbocycles. The van der Waals surface area contributed by atoms with Gasteiger partial charge in [-0.1, -0.05) is 6.92 Å². The van der Waals surface area contributed by atoms with Crippen LogP contribution in [0.4, 0.5) is 0 Å². The van der Waals surface area contributed by atoms with Gasteiger partial charge >= 0.3 is 0 Å². The first-order valence-corrected chi connectivity index (χ1v) is 6.89. The Morgan fingerprint density at radius 3 is 2.67 bits per heavy atom. The van der Waals surface area contributed by atoms with E-state index in [0.29, 0.717) is 13.2 Å². The highest BCUT2D eigenvalue weighted by atomic mass is 32.2. The molecule has 15 heavy (non-hydrogen) atoms. The fraction of sp³-hybridized carbons (Fsp3) is 0.900. The Labute approximate surface area is 93.9 Å². The SMILES string of the molecule is CCC1(C)NCN(CC(C)S(C)=O)C1=O. The molecule has 1 aliphatic rings. The second-order valence-electron chi connectivity index (χ2n) is 4.36. The zero-order chi connectivity index (χ0) is 11.6. The van der Waals surface area contributed by atoms with Crippen LogP contribution in [0.1, 0.15) is 27.2 Å². The van der Waals surface area contributed by atoms with Crippen molar-refractivity contribution in [3.05, 3.63) is 0 Å². The molecule has 0 aromatic rings. The molecule has 5 heteroatoms. The molecule has 0 radical (unpaired) electrons. The normalized spacial score (nSPS) is 30.7. The number of carbonyl (C=O) groups excluding carboxylic acids is 1. The number of nitrogens with zero attached hydrogens (tertiary/aromatic N) is 1. The zero-order valence-electron chi connectivity index (χ0n) is 9.87. The molecular weight excluding hydrogens is 212 g/mol. The second kappa shape index (κ2) is 4.61. The molecule has 3 unspecified atom stereocenters. The summed E-state index contributed by atoms with van der Waals surface area (Å²) in [6.45, 7) is 6.97. The molecule has 0 spiro atoms. The summed E-state index contributed by atoms with van der Waals surface area (Å²) < 4.78 is 11.2. The Balaban J connectivity index is 2.61. The molecule has 88 valence electrons. The highest BCUT2D eigenvalue weighted by Gasteiger charge is 2.41. The minimum Gasteiger partial charge on any atom is -0.327 e. The maximum absolute atomic E-state index is 12.0. The van der Waals surface area contributed by atoms with Gasteiger partial charge in [0.05, 0.1) is 12.2 Å². The Bertz CT molecular complexity index is 283. The van der Waals surface area contributed by atoms with Gasteiger partial charge in [-0.2, -0.15) is 0 Å². The summed E-state index contributed by atoms with van der Waals surface area (Å²) in [5.74, 6) is 0.127. The lowest BCUT2D eigenvalue weighted by Gasteiger charge is -2.22. The van der Waals surface area contributed by atoms with Gasteiger partial charge in [0.2, 0.25) is 5.91 Å². The molecule has 3 atom stereocenters. The van der Waals surface area contributed by atoms with Gasteiger partial charge in [0.15, 0.2) is 0 Å². The van der Waals surface area contributed by atoms with Crippen LogP contribution in [0, 0.1) is 0 Å². The van der Waals surface area contributed by atoms with E-state index in [2.05, 4.69) is 5.32 Å². The van der Waals surface area contributed by atoms with Gasteiger partial charge in [0.1, 0.15) is 0 Å². The average molecular weight is 232 g/mol. The van der Waals surface area contributed by atoms with E-state index in [-0.39, 0.29) is 11.2 Å². The highest BCUT2D eigenvalue weighted by molar-refractivity contribution is 7.84. The van der Waals surface area contributed by atoms with Gasteiger partial charge in [0, 0.05) is 28.9 Å². The van der Waals surface area contributed by atoms with E-state index in [1.165, 1.54) is 0 Å². The first-order chi connectivity index (χ1) is 6.90. The second-order valence-corrected chi connectivity index (χ2v) is 6.16. The Kier molecular flexibility index (Phi) is 3.89. The summed E-state index contributed by atoms with van der Waals surface area (Å²) in [4.78, 5) is 13.7. The third-order valence-corrected chi connectivity index (χ3v) is 4.45. The van der Waals surface area contributed by atoms with E-state index in [1.807, 2.05) is 20.8 Å². The van der Waals surface area contributed by atoms with Gasteiger partial charge in [-0.15, -0.1) is 0 Å². The maximum Gasteiger partial charge on any atom is 0.243 e. The van der Waals surface area contributed by atoms with Crippen molar-refractivity contribution in [1.29, 1.82) is 0 Å². The minimum atomic E-state index is -0.870.